The maximum Gasteiger partial charge on any atom is 0.308 e. The molecule has 1 atom stereocenters. The van der Waals surface area contributed by atoms with Gasteiger partial charge in [-0.1, -0.05) is 70.1 Å². The summed E-state index contributed by atoms with van der Waals surface area (Å²) in [6.45, 7) is 3.71. The first-order chi connectivity index (χ1) is 11.7. The molecule has 0 heterocycles. The van der Waals surface area contributed by atoms with Crippen LogP contribution < -0.4 is 4.74 Å². The van der Waals surface area contributed by atoms with E-state index in [1.165, 1.54) is 82.3 Å². The molecule has 1 aromatic rings. The highest BCUT2D eigenvalue weighted by atomic mass is 16.5. The lowest BCUT2D eigenvalue weighted by Crippen LogP contribution is -2.06. The summed E-state index contributed by atoms with van der Waals surface area (Å²) in [5.41, 5.74) is 2.72. The SMILES string of the molecule is CCCCCCCCC1CC=C(c2ccc(OC(C)=O)cc2)CC1. The largest absolute Gasteiger partial charge is 0.427 e. The fourth-order valence-corrected chi connectivity index (χ4v) is 3.53. The van der Waals surface area contributed by atoms with E-state index in [1.807, 2.05) is 12.1 Å². The van der Waals surface area contributed by atoms with Gasteiger partial charge in [-0.15, -0.1) is 0 Å². The number of unbranched alkanes of at least 4 members (excludes halogenated alkanes) is 5. The molecule has 2 heteroatoms. The van der Waals surface area contributed by atoms with Gasteiger partial charge in [0.15, 0.2) is 0 Å². The fraction of sp³-hybridized carbons (Fsp3) is 0.591. The first-order valence-corrected chi connectivity index (χ1v) is 9.67. The first kappa shape index (κ1) is 18.8. The molecule has 0 aliphatic heterocycles. The summed E-state index contributed by atoms with van der Waals surface area (Å²) in [6, 6.07) is 7.91. The first-order valence-electron chi connectivity index (χ1n) is 9.67. The van der Waals surface area contributed by atoms with Gasteiger partial charge in [0.1, 0.15) is 5.75 Å². The Kier molecular flexibility index (Phi) is 8.07. The van der Waals surface area contributed by atoms with E-state index in [4.69, 9.17) is 4.74 Å². The predicted octanol–water partition coefficient (Wildman–Crippen LogP) is 6.55. The molecule has 24 heavy (non-hydrogen) atoms. The van der Waals surface area contributed by atoms with Crippen LogP contribution in [0, 0.1) is 5.92 Å². The summed E-state index contributed by atoms with van der Waals surface area (Å²) in [5, 5.41) is 0. The highest BCUT2D eigenvalue weighted by molar-refractivity contribution is 5.70. The van der Waals surface area contributed by atoms with Gasteiger partial charge in [0.2, 0.25) is 0 Å². The highest BCUT2D eigenvalue weighted by Crippen LogP contribution is 2.33. The van der Waals surface area contributed by atoms with Gasteiger partial charge >= 0.3 is 5.97 Å². The average Bonchev–Trinajstić information content (AvgIpc) is 2.59. The van der Waals surface area contributed by atoms with Crippen LogP contribution >= 0.6 is 0 Å². The second kappa shape index (κ2) is 10.3. The van der Waals surface area contributed by atoms with Crippen molar-refractivity contribution in [3.63, 3.8) is 0 Å². The predicted molar refractivity (Wildman–Crippen MR) is 101 cm³/mol. The van der Waals surface area contributed by atoms with Crippen LogP contribution in [0.25, 0.3) is 5.57 Å². The Morgan fingerprint density at radius 3 is 2.42 bits per heavy atom. The standard InChI is InChI=1S/C22H32O2/c1-3-4-5-6-7-8-9-19-10-12-20(13-11-19)21-14-16-22(17-15-21)24-18(2)23/h12,14-17,19H,3-11,13H2,1-2H3. The lowest BCUT2D eigenvalue weighted by Gasteiger charge is -2.22. The normalized spacial score (nSPS) is 17.4. The molecular formula is C22H32O2. The molecule has 0 aromatic heterocycles. The van der Waals surface area contributed by atoms with Crippen molar-refractivity contribution in [1.29, 1.82) is 0 Å². The molecule has 0 spiro atoms. The zero-order chi connectivity index (χ0) is 17.2. The summed E-state index contributed by atoms with van der Waals surface area (Å²) in [7, 11) is 0. The molecule has 0 amide bonds. The maximum absolute atomic E-state index is 11.0. The molecule has 132 valence electrons. The molecule has 2 rings (SSSR count). The number of hydrogen-bond acceptors (Lipinski definition) is 2. The smallest absolute Gasteiger partial charge is 0.308 e. The topological polar surface area (TPSA) is 26.3 Å². The minimum absolute atomic E-state index is 0.267. The van der Waals surface area contributed by atoms with Crippen molar-refractivity contribution in [3.8, 4) is 5.75 Å². The van der Waals surface area contributed by atoms with Crippen LogP contribution in [-0.2, 0) is 4.79 Å². The van der Waals surface area contributed by atoms with Gasteiger partial charge < -0.3 is 4.74 Å². The number of allylic oxidation sites excluding steroid dienone is 2. The van der Waals surface area contributed by atoms with Gasteiger partial charge in [-0.2, -0.15) is 0 Å². The lowest BCUT2D eigenvalue weighted by atomic mass is 9.84. The van der Waals surface area contributed by atoms with E-state index < -0.39 is 0 Å². The van der Waals surface area contributed by atoms with Gasteiger partial charge in [0.25, 0.3) is 0 Å². The van der Waals surface area contributed by atoms with Crippen molar-refractivity contribution in [2.75, 3.05) is 0 Å². The van der Waals surface area contributed by atoms with Gasteiger partial charge in [-0.05, 0) is 48.4 Å². The second-order valence-corrected chi connectivity index (χ2v) is 7.04. The zero-order valence-corrected chi connectivity index (χ0v) is 15.4. The molecule has 1 unspecified atom stereocenters. The summed E-state index contributed by atoms with van der Waals surface area (Å²) in [5.74, 6) is 1.24. The van der Waals surface area contributed by atoms with E-state index >= 15 is 0 Å². The molecule has 0 fully saturated rings. The van der Waals surface area contributed by atoms with E-state index in [1.54, 1.807) is 0 Å². The van der Waals surface area contributed by atoms with Crippen LogP contribution in [0.15, 0.2) is 30.3 Å². The molecule has 0 radical (unpaired) electrons. The summed E-state index contributed by atoms with van der Waals surface area (Å²) >= 11 is 0. The lowest BCUT2D eigenvalue weighted by molar-refractivity contribution is -0.131. The molecule has 0 saturated carbocycles. The monoisotopic (exact) mass is 328 g/mol. The van der Waals surface area contributed by atoms with Crippen molar-refractivity contribution in [2.45, 2.75) is 78.1 Å². The third-order valence-electron chi connectivity index (χ3n) is 4.97. The van der Waals surface area contributed by atoms with Gasteiger partial charge in [-0.3, -0.25) is 4.79 Å². The van der Waals surface area contributed by atoms with Crippen LogP contribution in [0.5, 0.6) is 5.75 Å². The van der Waals surface area contributed by atoms with E-state index in [0.717, 1.165) is 5.92 Å². The number of carbonyl (C=O) groups is 1. The second-order valence-electron chi connectivity index (χ2n) is 7.04. The number of carbonyl (C=O) groups excluding carboxylic acids is 1. The third kappa shape index (κ3) is 6.51. The minimum Gasteiger partial charge on any atom is -0.427 e. The number of ether oxygens (including phenoxy) is 1. The van der Waals surface area contributed by atoms with Gasteiger partial charge in [-0.25, -0.2) is 0 Å². The van der Waals surface area contributed by atoms with E-state index in [2.05, 4.69) is 25.1 Å². The molecule has 0 N–H and O–H groups in total. The quantitative estimate of drug-likeness (QED) is 0.292. The summed E-state index contributed by atoms with van der Waals surface area (Å²) in [4.78, 5) is 11.0. The summed E-state index contributed by atoms with van der Waals surface area (Å²) in [6.07, 6.45) is 15.9. The Morgan fingerprint density at radius 2 is 1.79 bits per heavy atom. The molecule has 1 aliphatic carbocycles. The van der Waals surface area contributed by atoms with Crippen molar-refractivity contribution in [3.05, 3.63) is 35.9 Å². The van der Waals surface area contributed by atoms with Crippen LogP contribution in [0.1, 0.15) is 83.6 Å². The Hall–Kier alpha value is -1.57. The molecule has 2 nitrogen and oxygen atoms in total. The van der Waals surface area contributed by atoms with Crippen LogP contribution in [0.4, 0.5) is 0 Å². The highest BCUT2D eigenvalue weighted by Gasteiger charge is 2.15. The fourth-order valence-electron chi connectivity index (χ4n) is 3.53. The Balaban J connectivity index is 1.73. The summed E-state index contributed by atoms with van der Waals surface area (Å²) < 4.78 is 5.09. The van der Waals surface area contributed by atoms with Crippen molar-refractivity contribution >= 4 is 11.5 Å². The molecule has 0 saturated heterocycles. The minimum atomic E-state index is -0.267. The number of esters is 1. The van der Waals surface area contributed by atoms with Crippen LogP contribution in [-0.4, -0.2) is 5.97 Å². The van der Waals surface area contributed by atoms with Crippen LogP contribution in [0.3, 0.4) is 0 Å². The molecule has 1 aliphatic rings. The van der Waals surface area contributed by atoms with Crippen molar-refractivity contribution in [1.82, 2.24) is 0 Å². The average molecular weight is 328 g/mol. The Morgan fingerprint density at radius 1 is 1.08 bits per heavy atom. The van der Waals surface area contributed by atoms with E-state index in [0.29, 0.717) is 5.75 Å². The Bertz CT molecular complexity index is 527. The zero-order valence-electron chi connectivity index (χ0n) is 15.4. The van der Waals surface area contributed by atoms with E-state index in [-0.39, 0.29) is 5.97 Å². The van der Waals surface area contributed by atoms with Crippen molar-refractivity contribution < 1.29 is 9.53 Å². The molecule has 1 aromatic carbocycles. The number of rotatable bonds is 9. The number of benzene rings is 1. The third-order valence-corrected chi connectivity index (χ3v) is 4.97. The van der Waals surface area contributed by atoms with E-state index in [9.17, 15) is 4.79 Å². The van der Waals surface area contributed by atoms with Gasteiger partial charge in [0, 0.05) is 6.92 Å². The van der Waals surface area contributed by atoms with Gasteiger partial charge in [0.05, 0.1) is 0 Å². The molecule has 0 bridgehead atoms. The maximum atomic E-state index is 11.0. The number of hydrogen-bond donors (Lipinski definition) is 0. The Labute approximate surface area is 147 Å². The van der Waals surface area contributed by atoms with Crippen molar-refractivity contribution in [2.24, 2.45) is 5.92 Å². The van der Waals surface area contributed by atoms with Crippen LogP contribution in [0.2, 0.25) is 0 Å². The molecular weight excluding hydrogens is 296 g/mol.